The van der Waals surface area contributed by atoms with Crippen molar-refractivity contribution in [3.05, 3.63) is 146 Å². The first kappa shape index (κ1) is 44.0. The molecule has 0 aliphatic heterocycles. The average molecular weight is 960 g/mol. The van der Waals surface area contributed by atoms with Gasteiger partial charge in [-0.2, -0.15) is 8.78 Å². The summed E-state index contributed by atoms with van der Waals surface area (Å²) >= 11 is 0. The first-order chi connectivity index (χ1) is 31.0. The van der Waals surface area contributed by atoms with Crippen molar-refractivity contribution in [3.8, 4) is 17.2 Å². The van der Waals surface area contributed by atoms with Crippen molar-refractivity contribution < 1.29 is 111 Å². The van der Waals surface area contributed by atoms with E-state index < -0.39 is 217 Å². The Bertz CT molecular complexity index is 3710. The Morgan fingerprint density at radius 2 is 0.500 bits per heavy atom. The average Bonchev–Trinajstić information content (AvgIpc) is 3.28. The first-order valence-corrected chi connectivity index (χ1v) is 17.2. The molecule has 66 heavy (non-hydrogen) atoms. The van der Waals surface area contributed by atoms with E-state index in [2.05, 4.69) is 0 Å². The Morgan fingerprint density at radius 1 is 0.227 bits per heavy atom. The molecule has 26 heteroatoms. The van der Waals surface area contributed by atoms with Crippen LogP contribution in [0, 0.1) is 128 Å². The van der Waals surface area contributed by atoms with Crippen LogP contribution in [0.2, 0.25) is 0 Å². The van der Waals surface area contributed by atoms with Gasteiger partial charge in [0.2, 0.25) is 11.6 Å². The number of hydrogen-bond acceptors (Lipinski definition) is 3. The zero-order chi connectivity index (χ0) is 48.2. The molecule has 0 atom stereocenters. The van der Waals surface area contributed by atoms with Crippen LogP contribution in [0.1, 0.15) is 0 Å². The van der Waals surface area contributed by atoms with E-state index in [-0.39, 0.29) is 0 Å². The normalized spacial score (nSPS) is 12.1. The molecule has 0 aromatic heterocycles. The highest BCUT2D eigenvalue weighted by Crippen LogP contribution is 2.50. The fourth-order valence-corrected chi connectivity index (χ4v) is 7.49. The molecule has 0 radical (unpaired) electrons. The van der Waals surface area contributed by atoms with Crippen LogP contribution in [-0.2, 0) is 0 Å². The molecular weight excluding hydrogens is 957 g/mol. The van der Waals surface area contributed by atoms with Crippen molar-refractivity contribution >= 4 is 72.0 Å². The van der Waals surface area contributed by atoms with Crippen LogP contribution < -0.4 is 14.0 Å². The largest absolute Gasteiger partial charge is 0.864 e. The molecule has 0 aliphatic rings. The molecule has 0 heterocycles. The third-order valence-corrected chi connectivity index (χ3v) is 10.3. The second-order valence-electron chi connectivity index (χ2n) is 13.6. The summed E-state index contributed by atoms with van der Waals surface area (Å²) in [4.78, 5) is 0. The van der Waals surface area contributed by atoms with Gasteiger partial charge in [-0.15, -0.1) is 0 Å². The van der Waals surface area contributed by atoms with E-state index in [9.17, 15) is 30.7 Å². The maximum absolute atomic E-state index is 16.3. The second-order valence-corrected chi connectivity index (χ2v) is 13.6. The van der Waals surface area contributed by atoms with Crippen LogP contribution in [-0.4, -0.2) is 7.32 Å². The lowest BCUT2D eigenvalue weighted by atomic mass is 9.90. The third-order valence-electron chi connectivity index (χ3n) is 10.3. The van der Waals surface area contributed by atoms with E-state index >= 15 is 65.9 Å². The topological polar surface area (TPSA) is 27.7 Å². The Labute approximate surface area is 346 Å². The number of hydrogen-bond donors (Lipinski definition) is 0. The predicted octanol–water partition coefficient (Wildman–Crippen LogP) is 13.6. The van der Waals surface area contributed by atoms with Crippen LogP contribution in [0.15, 0.2) is 18.2 Å². The zero-order valence-corrected chi connectivity index (χ0v) is 30.3. The molecule has 0 N–H and O–H groups in total. The summed E-state index contributed by atoms with van der Waals surface area (Å²) < 4.78 is 350. The first-order valence-electron chi connectivity index (χ1n) is 17.2. The minimum Gasteiger partial charge on any atom is -0.489 e. The maximum atomic E-state index is 16.3. The van der Waals surface area contributed by atoms with Gasteiger partial charge in [-0.1, -0.05) is 12.1 Å². The number of fused-ring (bicyclic) bond motifs is 3. The summed E-state index contributed by atoms with van der Waals surface area (Å²) in [5.74, 6) is -67.2. The molecule has 0 unspecified atom stereocenters. The molecule has 0 amide bonds. The van der Waals surface area contributed by atoms with Gasteiger partial charge in [0.05, 0.1) is 48.5 Å². The third kappa shape index (κ3) is 5.51. The van der Waals surface area contributed by atoms with Crippen molar-refractivity contribution in [2.24, 2.45) is 0 Å². The quantitative estimate of drug-likeness (QED) is 0.0415. The number of rotatable bonds is 6. The van der Waals surface area contributed by atoms with E-state index in [1.807, 2.05) is 0 Å². The summed E-state index contributed by atoms with van der Waals surface area (Å²) in [5, 5.41) is -24.6. The zero-order valence-electron chi connectivity index (χ0n) is 30.3. The molecular formula is C40H3BF22O3. The minimum absolute atomic E-state index is 0.352. The van der Waals surface area contributed by atoms with E-state index in [0.717, 1.165) is 0 Å². The van der Waals surface area contributed by atoms with E-state index in [4.69, 9.17) is 14.0 Å². The lowest BCUT2D eigenvalue weighted by Crippen LogP contribution is -2.38. The molecule has 0 bridgehead atoms. The van der Waals surface area contributed by atoms with Crippen LogP contribution in [0.4, 0.5) is 96.6 Å². The van der Waals surface area contributed by atoms with Crippen molar-refractivity contribution in [1.29, 1.82) is 0 Å². The van der Waals surface area contributed by atoms with Crippen LogP contribution >= 0.6 is 0 Å². The van der Waals surface area contributed by atoms with Crippen LogP contribution in [0.5, 0.6) is 17.2 Å². The van der Waals surface area contributed by atoms with E-state index in [1.54, 1.807) is 0 Å². The molecule has 0 spiro atoms. The van der Waals surface area contributed by atoms with Gasteiger partial charge >= 0.3 is 7.32 Å². The highest BCUT2D eigenvalue weighted by atomic mass is 19.2. The summed E-state index contributed by atoms with van der Waals surface area (Å²) in [6.07, 6.45) is 0. The highest BCUT2D eigenvalue weighted by Gasteiger charge is 2.43. The van der Waals surface area contributed by atoms with Gasteiger partial charge in [-0.05, 0) is 6.07 Å². The minimum atomic E-state index is -3.85. The van der Waals surface area contributed by atoms with Gasteiger partial charge in [-0.3, -0.25) is 0 Å². The van der Waals surface area contributed by atoms with Gasteiger partial charge < -0.3 is 14.0 Å². The van der Waals surface area contributed by atoms with Crippen molar-refractivity contribution in [3.63, 3.8) is 0 Å². The summed E-state index contributed by atoms with van der Waals surface area (Å²) in [5.41, 5.74) is 0. The summed E-state index contributed by atoms with van der Waals surface area (Å²) in [6, 6.07) is 1.38. The van der Waals surface area contributed by atoms with Crippen LogP contribution in [0.25, 0.3) is 64.6 Å². The molecule has 0 saturated heterocycles. The SMILES string of the molecule is Fc1c(F)c(F)c2c(OB(Oc3c(F)c(F)c(F)c4c(F)c5c(F)c(F)c(F)c(F)c5c(F)c34)Oc3c(F)c(F)c4c(F)c(F)c5c(F)c(F)c(F)c6c(F)c(F)c3c4c56)cccc2c1F. The molecule has 338 valence electrons. The Balaban J connectivity index is 1.40. The lowest BCUT2D eigenvalue weighted by Gasteiger charge is -2.23. The fourth-order valence-electron chi connectivity index (χ4n) is 7.49. The standard InChI is InChI=1S/C40H3BF22O3/c42-17-4-2-1-3-5(6(4)20(45)33(58)31(17)56)64-41(66-40-16-14(28(53)36(61)38(40)63)18(43)12-13(19(16)44)27(52)35(60)34(59)26(12)51)65-39-15-8-7-9(21(46)22(47)11(8)29(54)37(39)62)24(49)32(57)25(50)10(7)23(48)30(15)55/h1-3H. The smallest absolute Gasteiger partial charge is 0.489 e. The summed E-state index contributed by atoms with van der Waals surface area (Å²) in [6.45, 7) is 0. The van der Waals surface area contributed by atoms with E-state index in [0.29, 0.717) is 18.2 Å². The second kappa shape index (κ2) is 14.6. The maximum Gasteiger partial charge on any atom is 0.864 e. The monoisotopic (exact) mass is 960 g/mol. The molecule has 0 saturated carbocycles. The van der Waals surface area contributed by atoms with Crippen molar-refractivity contribution in [2.45, 2.75) is 0 Å². The van der Waals surface area contributed by atoms with Gasteiger partial charge in [0.1, 0.15) is 17.4 Å². The van der Waals surface area contributed by atoms with Crippen LogP contribution in [0.3, 0.4) is 0 Å². The number of halogens is 22. The fraction of sp³-hybridized carbons (Fsp3) is 0. The Hall–Kier alpha value is -7.28. The predicted molar refractivity (Wildman–Crippen MR) is 182 cm³/mol. The van der Waals surface area contributed by atoms with Gasteiger partial charge in [0.25, 0.3) is 0 Å². The van der Waals surface area contributed by atoms with Crippen molar-refractivity contribution in [2.75, 3.05) is 0 Å². The Morgan fingerprint density at radius 3 is 0.970 bits per heavy atom. The molecule has 3 nitrogen and oxygen atoms in total. The summed E-state index contributed by atoms with van der Waals surface area (Å²) in [7, 11) is -3.85. The van der Waals surface area contributed by atoms with Gasteiger partial charge in [-0.25, -0.2) is 87.8 Å². The highest BCUT2D eigenvalue weighted by molar-refractivity contribution is 6.41. The molecule has 0 fully saturated rings. The lowest BCUT2D eigenvalue weighted by molar-refractivity contribution is 0.291. The Kier molecular flexibility index (Phi) is 9.73. The molecule has 9 aromatic carbocycles. The van der Waals surface area contributed by atoms with Gasteiger partial charge in [0, 0.05) is 16.2 Å². The van der Waals surface area contributed by atoms with E-state index in [1.165, 1.54) is 0 Å². The molecule has 0 aliphatic carbocycles. The van der Waals surface area contributed by atoms with Gasteiger partial charge in [0.15, 0.2) is 116 Å². The van der Waals surface area contributed by atoms with Crippen molar-refractivity contribution in [1.82, 2.24) is 0 Å². The molecule has 9 rings (SSSR count). The molecule has 9 aromatic rings. The number of benzene rings is 9.